The Morgan fingerprint density at radius 3 is 2.62 bits per heavy atom. The van der Waals surface area contributed by atoms with Crippen molar-refractivity contribution in [3.63, 3.8) is 0 Å². The highest BCUT2D eigenvalue weighted by atomic mass is 32.2. The van der Waals surface area contributed by atoms with Gasteiger partial charge in [0.1, 0.15) is 11.6 Å². The van der Waals surface area contributed by atoms with Gasteiger partial charge in [-0.3, -0.25) is 0 Å². The van der Waals surface area contributed by atoms with Crippen LogP contribution in [0.1, 0.15) is 29.9 Å². The first-order valence-corrected chi connectivity index (χ1v) is 7.89. The van der Waals surface area contributed by atoms with Gasteiger partial charge in [-0.25, -0.2) is 17.5 Å². The highest BCUT2D eigenvalue weighted by Gasteiger charge is 2.22. The van der Waals surface area contributed by atoms with E-state index in [9.17, 15) is 12.8 Å². The molecule has 21 heavy (non-hydrogen) atoms. The van der Waals surface area contributed by atoms with Gasteiger partial charge in [-0.05, 0) is 43.2 Å². The number of benzene rings is 1. The topological polar surface area (TPSA) is 85.3 Å². The fourth-order valence-electron chi connectivity index (χ4n) is 1.85. The maximum absolute atomic E-state index is 13.5. The van der Waals surface area contributed by atoms with Crippen molar-refractivity contribution in [2.75, 3.05) is 0 Å². The molecule has 1 atom stereocenters. The molecule has 114 valence electrons. The summed E-state index contributed by atoms with van der Waals surface area (Å²) < 4.78 is 45.4. The Kier molecular flexibility index (Phi) is 4.46. The number of hydrogen-bond donors (Lipinski definition) is 2. The first-order valence-electron chi connectivity index (χ1n) is 6.40. The summed E-state index contributed by atoms with van der Waals surface area (Å²) in [6, 6.07) is 6.86. The van der Waals surface area contributed by atoms with Gasteiger partial charge < -0.3 is 10.2 Å². The lowest BCUT2D eigenvalue weighted by Crippen LogP contribution is -2.26. The van der Waals surface area contributed by atoms with Crippen LogP contribution in [0.25, 0.3) is 0 Å². The summed E-state index contributed by atoms with van der Waals surface area (Å²) in [5.41, 5.74) is 6.42. The third-order valence-electron chi connectivity index (χ3n) is 3.13. The molecule has 0 radical (unpaired) electrons. The van der Waals surface area contributed by atoms with E-state index in [1.807, 2.05) is 0 Å². The standard InChI is InChI=1S/C14H17FN2O3S/c1-9-3-4-11(7-13(9)15)10(2)17-21(18,19)14-6-5-12(8-16)20-14/h3-7,10,17H,8,16H2,1-2H3. The van der Waals surface area contributed by atoms with Crippen LogP contribution in [-0.2, 0) is 16.6 Å². The zero-order valence-corrected chi connectivity index (χ0v) is 12.6. The zero-order valence-electron chi connectivity index (χ0n) is 11.8. The summed E-state index contributed by atoms with van der Waals surface area (Å²) in [5, 5.41) is -0.206. The van der Waals surface area contributed by atoms with Gasteiger partial charge in [0.05, 0.1) is 6.54 Å². The Morgan fingerprint density at radius 1 is 1.33 bits per heavy atom. The van der Waals surface area contributed by atoms with E-state index < -0.39 is 16.1 Å². The van der Waals surface area contributed by atoms with Crippen LogP contribution in [0.3, 0.4) is 0 Å². The molecule has 0 saturated heterocycles. The molecule has 5 nitrogen and oxygen atoms in total. The van der Waals surface area contributed by atoms with Gasteiger partial charge in [-0.2, -0.15) is 0 Å². The second kappa shape index (κ2) is 5.97. The molecule has 1 aromatic carbocycles. The molecule has 0 aliphatic heterocycles. The lowest BCUT2D eigenvalue weighted by atomic mass is 10.1. The van der Waals surface area contributed by atoms with Crippen molar-refractivity contribution in [1.82, 2.24) is 4.72 Å². The maximum atomic E-state index is 13.5. The molecule has 7 heteroatoms. The van der Waals surface area contributed by atoms with Gasteiger partial charge in [-0.1, -0.05) is 12.1 Å². The summed E-state index contributed by atoms with van der Waals surface area (Å²) in [6.45, 7) is 3.40. The van der Waals surface area contributed by atoms with Crippen LogP contribution in [0.2, 0.25) is 0 Å². The molecule has 0 amide bonds. The molecule has 2 aromatic rings. The maximum Gasteiger partial charge on any atom is 0.274 e. The van der Waals surface area contributed by atoms with Crippen molar-refractivity contribution in [1.29, 1.82) is 0 Å². The molecule has 0 aliphatic carbocycles. The minimum atomic E-state index is -3.81. The molecule has 0 aliphatic rings. The van der Waals surface area contributed by atoms with Crippen LogP contribution in [-0.4, -0.2) is 8.42 Å². The third kappa shape index (κ3) is 3.49. The van der Waals surface area contributed by atoms with Crippen LogP contribution >= 0.6 is 0 Å². The van der Waals surface area contributed by atoms with Crippen molar-refractivity contribution in [2.45, 2.75) is 31.5 Å². The van der Waals surface area contributed by atoms with Crippen molar-refractivity contribution >= 4 is 10.0 Å². The lowest BCUT2D eigenvalue weighted by Gasteiger charge is -2.14. The molecular formula is C14H17FN2O3S. The normalized spacial score (nSPS) is 13.3. The predicted molar refractivity (Wildman–Crippen MR) is 76.5 cm³/mol. The van der Waals surface area contributed by atoms with Crippen LogP contribution < -0.4 is 10.5 Å². The molecule has 3 N–H and O–H groups in total. The van der Waals surface area contributed by atoms with Crippen LogP contribution in [0, 0.1) is 12.7 Å². The van der Waals surface area contributed by atoms with E-state index >= 15 is 0 Å². The number of furan rings is 1. The molecule has 0 spiro atoms. The van der Waals surface area contributed by atoms with Crippen LogP contribution in [0.15, 0.2) is 39.8 Å². The summed E-state index contributed by atoms with van der Waals surface area (Å²) >= 11 is 0. The molecule has 1 unspecified atom stereocenters. The van der Waals surface area contributed by atoms with Gasteiger partial charge >= 0.3 is 0 Å². The number of nitrogens with one attached hydrogen (secondary N) is 1. The van der Waals surface area contributed by atoms with Gasteiger partial charge in [0.15, 0.2) is 0 Å². The summed E-state index contributed by atoms with van der Waals surface area (Å²) in [5.74, 6) is 0.00590. The van der Waals surface area contributed by atoms with Crippen molar-refractivity contribution < 1.29 is 17.2 Å². The van der Waals surface area contributed by atoms with Gasteiger partial charge in [0.25, 0.3) is 10.0 Å². The molecule has 0 bridgehead atoms. The Labute approximate surface area is 123 Å². The van der Waals surface area contributed by atoms with E-state index in [4.69, 9.17) is 10.2 Å². The van der Waals surface area contributed by atoms with E-state index in [0.29, 0.717) is 16.9 Å². The zero-order chi connectivity index (χ0) is 15.6. The highest BCUT2D eigenvalue weighted by Crippen LogP contribution is 2.20. The third-order valence-corrected chi connectivity index (χ3v) is 4.54. The largest absolute Gasteiger partial charge is 0.447 e. The molecule has 2 rings (SSSR count). The SMILES string of the molecule is Cc1ccc(C(C)NS(=O)(=O)c2ccc(CN)o2)cc1F. The number of halogens is 1. The monoisotopic (exact) mass is 312 g/mol. The quantitative estimate of drug-likeness (QED) is 0.886. The number of nitrogens with two attached hydrogens (primary N) is 1. The first kappa shape index (κ1) is 15.7. The van der Waals surface area contributed by atoms with E-state index in [0.717, 1.165) is 0 Å². The average molecular weight is 312 g/mol. The van der Waals surface area contributed by atoms with E-state index in [2.05, 4.69) is 4.72 Å². The highest BCUT2D eigenvalue weighted by molar-refractivity contribution is 7.89. The van der Waals surface area contributed by atoms with Crippen molar-refractivity contribution in [3.8, 4) is 0 Å². The fraction of sp³-hybridized carbons (Fsp3) is 0.286. The Balaban J connectivity index is 2.21. The average Bonchev–Trinajstić information content (AvgIpc) is 2.91. The molecular weight excluding hydrogens is 295 g/mol. The second-order valence-corrected chi connectivity index (χ2v) is 6.42. The van der Waals surface area contributed by atoms with Crippen LogP contribution in [0.5, 0.6) is 0 Å². The molecule has 1 aromatic heterocycles. The first-order chi connectivity index (χ1) is 9.83. The van der Waals surface area contributed by atoms with E-state index in [1.165, 1.54) is 18.2 Å². The molecule has 0 saturated carbocycles. The van der Waals surface area contributed by atoms with Crippen molar-refractivity contribution in [2.24, 2.45) is 5.73 Å². The number of rotatable bonds is 5. The Morgan fingerprint density at radius 2 is 2.05 bits per heavy atom. The Bertz CT molecular complexity index is 740. The van der Waals surface area contributed by atoms with Gasteiger partial charge in [-0.15, -0.1) is 0 Å². The fourth-order valence-corrected chi connectivity index (χ4v) is 3.03. The minimum Gasteiger partial charge on any atom is -0.447 e. The summed E-state index contributed by atoms with van der Waals surface area (Å²) in [6.07, 6.45) is 0. The molecule has 1 heterocycles. The van der Waals surface area contributed by atoms with Gasteiger partial charge in [0.2, 0.25) is 5.09 Å². The van der Waals surface area contributed by atoms with Gasteiger partial charge in [0, 0.05) is 6.04 Å². The lowest BCUT2D eigenvalue weighted by molar-refractivity contribution is 0.411. The number of hydrogen-bond acceptors (Lipinski definition) is 4. The van der Waals surface area contributed by atoms with E-state index in [1.54, 1.807) is 26.0 Å². The molecule has 0 fully saturated rings. The van der Waals surface area contributed by atoms with E-state index in [-0.39, 0.29) is 17.5 Å². The summed E-state index contributed by atoms with van der Waals surface area (Å²) in [4.78, 5) is 0. The minimum absolute atomic E-state index is 0.119. The van der Waals surface area contributed by atoms with Crippen LogP contribution in [0.4, 0.5) is 4.39 Å². The smallest absolute Gasteiger partial charge is 0.274 e. The predicted octanol–water partition coefficient (Wildman–Crippen LogP) is 2.23. The van der Waals surface area contributed by atoms with Crippen molar-refractivity contribution in [3.05, 3.63) is 53.0 Å². The Hall–Kier alpha value is -1.70. The number of sulfonamides is 1. The summed E-state index contributed by atoms with van der Waals surface area (Å²) in [7, 11) is -3.81. The second-order valence-electron chi connectivity index (χ2n) is 4.78. The number of aryl methyl sites for hydroxylation is 1.